The number of carbonyl (C=O) groups is 3. The van der Waals surface area contributed by atoms with Crippen LogP contribution in [0.3, 0.4) is 0 Å². The average molecular weight is 1030 g/mol. The zero-order chi connectivity index (χ0) is 52.7. The van der Waals surface area contributed by atoms with Crippen LogP contribution in [-0.2, 0) is 28.6 Å². The summed E-state index contributed by atoms with van der Waals surface area (Å²) in [4.78, 5) is 38.8. The van der Waals surface area contributed by atoms with Crippen LogP contribution in [0.1, 0.15) is 310 Å². The third-order valence-corrected chi connectivity index (χ3v) is 18.6. The Hall–Kier alpha value is -2.37. The Morgan fingerprint density at radius 2 is 0.865 bits per heavy atom. The Morgan fingerprint density at radius 3 is 1.42 bits per heavy atom. The van der Waals surface area contributed by atoms with Crippen molar-refractivity contribution in [3.8, 4) is 0 Å². The Morgan fingerprint density at radius 1 is 0.459 bits per heavy atom. The van der Waals surface area contributed by atoms with Crippen LogP contribution in [-0.4, -0.2) is 37.2 Å². The molecule has 4 rings (SSSR count). The van der Waals surface area contributed by atoms with Gasteiger partial charge in [-0.2, -0.15) is 0 Å². The molecular formula is C68H118O6. The Bertz CT molecular complexity index is 1530. The van der Waals surface area contributed by atoms with E-state index in [1.54, 1.807) is 5.57 Å². The van der Waals surface area contributed by atoms with E-state index < -0.39 is 6.10 Å². The first-order valence-corrected chi connectivity index (χ1v) is 32.8. The predicted octanol–water partition coefficient (Wildman–Crippen LogP) is 20.3. The van der Waals surface area contributed by atoms with E-state index in [9.17, 15) is 14.4 Å². The lowest BCUT2D eigenvalue weighted by atomic mass is 9.75. The molecule has 6 heteroatoms. The molecule has 0 aromatic heterocycles. The summed E-state index contributed by atoms with van der Waals surface area (Å²) in [7, 11) is 0. The summed E-state index contributed by atoms with van der Waals surface area (Å²) < 4.78 is 17.1. The fourth-order valence-electron chi connectivity index (χ4n) is 14.2. The summed E-state index contributed by atoms with van der Waals surface area (Å²) in [6, 6.07) is 0. The van der Waals surface area contributed by atoms with Crippen molar-refractivity contribution in [2.45, 2.75) is 316 Å². The van der Waals surface area contributed by atoms with Gasteiger partial charge in [0.15, 0.2) is 6.10 Å². The van der Waals surface area contributed by atoms with Gasteiger partial charge in [-0.15, -0.1) is 0 Å². The standard InChI is InChI=1S/C68H118O6/c1-5-8-11-13-15-16-17-18-19-20-21-22-26-32-39-46-66(69)72-54-60(55-73-67(70)47-40-33-27-24-23-25-30-36-43-62-58-50-49-57(52-58)61(62)42-35-10-7-3)74-68(71)48-41-34-28-31-38-45-64-63(44-37-29-14-12-9-6-2)59-51-56(4)65(64)53-59/h29-30,36-37,51,57-65H,5-28,31-35,38-50,52-55H2,1-4H3. The van der Waals surface area contributed by atoms with Gasteiger partial charge >= 0.3 is 17.9 Å². The number of unbranched alkanes of at least 4 members (excludes halogenated alkanes) is 28. The van der Waals surface area contributed by atoms with Crippen LogP contribution < -0.4 is 0 Å². The number of esters is 3. The maximum absolute atomic E-state index is 13.1. The first-order valence-electron chi connectivity index (χ1n) is 32.8. The number of hydrogen-bond donors (Lipinski definition) is 0. The highest BCUT2D eigenvalue weighted by Gasteiger charge is 2.46. The molecule has 6 nitrogen and oxygen atoms in total. The summed E-state index contributed by atoms with van der Waals surface area (Å²) in [6.07, 6.45) is 64.2. The first kappa shape index (κ1) is 64.2. The molecule has 0 aromatic rings. The van der Waals surface area contributed by atoms with Gasteiger partial charge in [-0.25, -0.2) is 0 Å². The van der Waals surface area contributed by atoms with Crippen LogP contribution in [0.2, 0.25) is 0 Å². The Kier molecular flexibility index (Phi) is 36.1. The average Bonchev–Trinajstić information content (AvgIpc) is 4.19. The number of hydrogen-bond acceptors (Lipinski definition) is 6. The lowest BCUT2D eigenvalue weighted by Gasteiger charge is -2.30. The second-order valence-electron chi connectivity index (χ2n) is 24.6. The molecule has 0 saturated heterocycles. The predicted molar refractivity (Wildman–Crippen MR) is 312 cm³/mol. The molecular weight excluding hydrogens is 913 g/mol. The summed E-state index contributed by atoms with van der Waals surface area (Å²) in [5, 5.41) is 0. The van der Waals surface area contributed by atoms with Crippen LogP contribution in [0.15, 0.2) is 36.0 Å². The first-order chi connectivity index (χ1) is 36.3. The van der Waals surface area contributed by atoms with Crippen LogP contribution in [0, 0.1) is 47.3 Å². The van der Waals surface area contributed by atoms with Gasteiger partial charge in [0.2, 0.25) is 0 Å². The Balaban J connectivity index is 1.07. The molecule has 9 unspecified atom stereocenters. The maximum Gasteiger partial charge on any atom is 0.306 e. The van der Waals surface area contributed by atoms with Gasteiger partial charge in [-0.1, -0.05) is 224 Å². The van der Waals surface area contributed by atoms with E-state index in [0.29, 0.717) is 19.3 Å². The van der Waals surface area contributed by atoms with Gasteiger partial charge in [-0.05, 0) is 151 Å². The van der Waals surface area contributed by atoms with E-state index in [2.05, 4.69) is 58.1 Å². The molecule has 4 aliphatic carbocycles. The van der Waals surface area contributed by atoms with Crippen LogP contribution in [0.25, 0.3) is 0 Å². The van der Waals surface area contributed by atoms with Crippen LogP contribution in [0.5, 0.6) is 0 Å². The lowest BCUT2D eigenvalue weighted by Crippen LogP contribution is -2.30. The monoisotopic (exact) mass is 1030 g/mol. The maximum atomic E-state index is 13.1. The Labute approximate surface area is 457 Å². The minimum absolute atomic E-state index is 0.0698. The van der Waals surface area contributed by atoms with E-state index in [0.717, 1.165) is 112 Å². The molecule has 74 heavy (non-hydrogen) atoms. The van der Waals surface area contributed by atoms with Crippen LogP contribution in [0.4, 0.5) is 0 Å². The quantitative estimate of drug-likeness (QED) is 0.0261. The van der Waals surface area contributed by atoms with Crippen molar-refractivity contribution in [3.05, 3.63) is 36.0 Å². The molecule has 0 amide bonds. The summed E-state index contributed by atoms with van der Waals surface area (Å²) >= 11 is 0. The SMILES string of the molecule is CCCCCC=CCC1C2C=C(C)C(C2)C1CCCCCCCC(=O)OC(COC(=O)CCCCCCCC=CCC1C2CCC(C2)C1CCCCC)COC(=O)CCCCCCCCCCCCCCCCC. The van der Waals surface area contributed by atoms with Gasteiger partial charge in [0.05, 0.1) is 0 Å². The highest BCUT2D eigenvalue weighted by atomic mass is 16.6. The number of ether oxygens (including phenoxy) is 3. The lowest BCUT2D eigenvalue weighted by molar-refractivity contribution is -0.167. The van der Waals surface area contributed by atoms with Crippen molar-refractivity contribution >= 4 is 17.9 Å². The molecule has 4 bridgehead atoms. The minimum atomic E-state index is -0.779. The zero-order valence-electron chi connectivity index (χ0n) is 49.1. The highest BCUT2D eigenvalue weighted by Crippen LogP contribution is 2.56. The molecule has 9 atom stereocenters. The number of fused-ring (bicyclic) bond motifs is 4. The third-order valence-electron chi connectivity index (χ3n) is 18.6. The molecule has 4 aliphatic rings. The van der Waals surface area contributed by atoms with Gasteiger partial charge in [-0.3, -0.25) is 14.4 Å². The van der Waals surface area contributed by atoms with E-state index in [1.807, 2.05) is 0 Å². The van der Waals surface area contributed by atoms with Crippen molar-refractivity contribution in [1.82, 2.24) is 0 Å². The fourth-order valence-corrected chi connectivity index (χ4v) is 14.2. The topological polar surface area (TPSA) is 78.9 Å². The molecule has 0 N–H and O–H groups in total. The molecule has 0 radical (unpaired) electrons. The normalized spacial score (nSPS) is 23.4. The summed E-state index contributed by atoms with van der Waals surface area (Å²) in [5.74, 6) is 6.29. The molecule has 426 valence electrons. The number of carbonyl (C=O) groups excluding carboxylic acids is 3. The third kappa shape index (κ3) is 27.3. The second kappa shape index (κ2) is 41.7. The van der Waals surface area contributed by atoms with Crippen molar-refractivity contribution in [2.24, 2.45) is 47.3 Å². The second-order valence-corrected chi connectivity index (χ2v) is 24.6. The molecule has 0 heterocycles. The largest absolute Gasteiger partial charge is 0.462 e. The molecule has 0 spiro atoms. The van der Waals surface area contributed by atoms with E-state index in [1.165, 1.54) is 199 Å². The number of rotatable bonds is 49. The summed E-state index contributed by atoms with van der Waals surface area (Å²) in [5.41, 5.74) is 1.63. The molecule has 0 aliphatic heterocycles. The van der Waals surface area contributed by atoms with Gasteiger partial charge in [0.1, 0.15) is 13.2 Å². The molecule has 0 aromatic carbocycles. The fraction of sp³-hybridized carbons (Fsp3) is 0.868. The minimum Gasteiger partial charge on any atom is -0.462 e. The van der Waals surface area contributed by atoms with Gasteiger partial charge in [0, 0.05) is 19.3 Å². The van der Waals surface area contributed by atoms with Crippen molar-refractivity contribution in [1.29, 1.82) is 0 Å². The van der Waals surface area contributed by atoms with E-state index in [-0.39, 0.29) is 31.1 Å². The van der Waals surface area contributed by atoms with Crippen LogP contribution >= 0.6 is 0 Å². The highest BCUT2D eigenvalue weighted by molar-refractivity contribution is 5.71. The van der Waals surface area contributed by atoms with Crippen molar-refractivity contribution < 1.29 is 28.6 Å². The van der Waals surface area contributed by atoms with Crippen molar-refractivity contribution in [2.75, 3.05) is 13.2 Å². The van der Waals surface area contributed by atoms with E-state index >= 15 is 0 Å². The van der Waals surface area contributed by atoms with Crippen molar-refractivity contribution in [3.63, 3.8) is 0 Å². The van der Waals surface area contributed by atoms with Gasteiger partial charge < -0.3 is 14.2 Å². The molecule has 3 fully saturated rings. The molecule has 3 saturated carbocycles. The van der Waals surface area contributed by atoms with Gasteiger partial charge in [0.25, 0.3) is 0 Å². The summed E-state index contributed by atoms with van der Waals surface area (Å²) in [6.45, 7) is 9.09. The zero-order valence-corrected chi connectivity index (χ0v) is 49.1. The van der Waals surface area contributed by atoms with E-state index in [4.69, 9.17) is 14.2 Å². The number of allylic oxidation sites excluding steroid dienone is 6. The smallest absolute Gasteiger partial charge is 0.306 e.